The second-order valence-corrected chi connectivity index (χ2v) is 7.61. The van der Waals surface area contributed by atoms with Crippen molar-refractivity contribution in [3.8, 4) is 0 Å². The predicted molar refractivity (Wildman–Crippen MR) is 82.3 cm³/mol. The maximum atomic E-state index is 11.7. The van der Waals surface area contributed by atoms with E-state index in [0.717, 1.165) is 18.5 Å². The number of sulfone groups is 1. The van der Waals surface area contributed by atoms with E-state index in [1.807, 2.05) is 0 Å². The zero-order chi connectivity index (χ0) is 15.5. The van der Waals surface area contributed by atoms with Crippen LogP contribution in [0.15, 0.2) is 24.3 Å². The number of esters is 1. The molecule has 21 heavy (non-hydrogen) atoms. The summed E-state index contributed by atoms with van der Waals surface area (Å²) in [6.45, 7) is 2.11. The molecule has 1 fully saturated rings. The minimum atomic E-state index is -3.04. The minimum Gasteiger partial charge on any atom is -0.462 e. The van der Waals surface area contributed by atoms with E-state index in [1.165, 1.54) is 6.26 Å². The summed E-state index contributed by atoms with van der Waals surface area (Å²) in [4.78, 5) is 11.6. The topological polar surface area (TPSA) is 72.5 Å². The number of carbonyl (C=O) groups excluding carboxylic acids is 1. The first-order valence-corrected chi connectivity index (χ1v) is 9.10. The first kappa shape index (κ1) is 15.8. The van der Waals surface area contributed by atoms with Crippen LogP contribution in [-0.2, 0) is 14.6 Å². The van der Waals surface area contributed by atoms with Crippen LogP contribution in [0.2, 0.25) is 0 Å². The predicted octanol–water partition coefficient (Wildman–Crippen LogP) is 2.24. The van der Waals surface area contributed by atoms with Gasteiger partial charge in [0.2, 0.25) is 0 Å². The lowest BCUT2D eigenvalue weighted by Crippen LogP contribution is -2.34. The fraction of sp³-hybridized carbons (Fsp3) is 0.533. The monoisotopic (exact) mass is 311 g/mol. The molecule has 1 N–H and O–H groups in total. The molecule has 0 amide bonds. The first-order valence-electron chi connectivity index (χ1n) is 7.14. The number of hydrogen-bond donors (Lipinski definition) is 1. The molecule has 1 aromatic rings. The molecule has 116 valence electrons. The third kappa shape index (κ3) is 3.97. The van der Waals surface area contributed by atoms with Crippen LogP contribution < -0.4 is 5.32 Å². The molecule has 1 aliphatic rings. The van der Waals surface area contributed by atoms with E-state index in [1.54, 1.807) is 31.2 Å². The van der Waals surface area contributed by atoms with Crippen LogP contribution in [0.25, 0.3) is 0 Å². The van der Waals surface area contributed by atoms with Gasteiger partial charge in [-0.15, -0.1) is 0 Å². The Morgan fingerprint density at radius 3 is 2.52 bits per heavy atom. The number of nitrogens with one attached hydrogen (secondary N) is 1. The van der Waals surface area contributed by atoms with Crippen molar-refractivity contribution in [2.45, 2.75) is 37.5 Å². The van der Waals surface area contributed by atoms with E-state index in [9.17, 15) is 13.2 Å². The highest BCUT2D eigenvalue weighted by atomic mass is 32.2. The molecule has 0 aliphatic heterocycles. The molecule has 0 spiro atoms. The first-order chi connectivity index (χ1) is 9.91. The number of anilines is 1. The highest BCUT2D eigenvalue weighted by Crippen LogP contribution is 2.28. The van der Waals surface area contributed by atoms with Crippen LogP contribution in [0.3, 0.4) is 0 Å². The molecule has 1 saturated carbocycles. The van der Waals surface area contributed by atoms with Gasteiger partial charge in [0.15, 0.2) is 9.84 Å². The summed E-state index contributed by atoms with van der Waals surface area (Å²) in [6, 6.07) is 6.87. The molecule has 0 bridgehead atoms. The van der Waals surface area contributed by atoms with Gasteiger partial charge in [0.05, 0.1) is 17.4 Å². The van der Waals surface area contributed by atoms with Gasteiger partial charge in [0.25, 0.3) is 0 Å². The molecule has 2 unspecified atom stereocenters. The number of rotatable bonds is 5. The SMILES string of the molecule is CCOC(=O)c1ccc(NC2CCCC2S(C)(=O)=O)cc1. The summed E-state index contributed by atoms with van der Waals surface area (Å²) in [7, 11) is -3.04. The van der Waals surface area contributed by atoms with E-state index in [2.05, 4.69) is 5.32 Å². The molecule has 0 heterocycles. The molecule has 1 aliphatic carbocycles. The van der Waals surface area contributed by atoms with E-state index >= 15 is 0 Å². The smallest absolute Gasteiger partial charge is 0.338 e. The van der Waals surface area contributed by atoms with E-state index in [4.69, 9.17) is 4.74 Å². The maximum Gasteiger partial charge on any atom is 0.338 e. The summed E-state index contributed by atoms with van der Waals surface area (Å²) < 4.78 is 28.4. The minimum absolute atomic E-state index is 0.0616. The number of carbonyl (C=O) groups is 1. The lowest BCUT2D eigenvalue weighted by Gasteiger charge is -2.20. The maximum absolute atomic E-state index is 11.7. The van der Waals surface area contributed by atoms with Crippen LogP contribution in [0, 0.1) is 0 Å². The van der Waals surface area contributed by atoms with Gasteiger partial charge in [0, 0.05) is 18.0 Å². The van der Waals surface area contributed by atoms with E-state index in [0.29, 0.717) is 18.6 Å². The standard InChI is InChI=1S/C15H21NO4S/c1-3-20-15(17)11-7-9-12(10-8-11)16-13-5-4-6-14(13)21(2,18)19/h7-10,13-14,16H,3-6H2,1-2H3. The van der Waals surface area contributed by atoms with Gasteiger partial charge in [-0.05, 0) is 50.5 Å². The molecule has 0 saturated heterocycles. The van der Waals surface area contributed by atoms with Crippen molar-refractivity contribution >= 4 is 21.5 Å². The molecule has 0 aromatic heterocycles. The van der Waals surface area contributed by atoms with Crippen molar-refractivity contribution in [3.05, 3.63) is 29.8 Å². The normalized spacial score (nSPS) is 22.0. The lowest BCUT2D eigenvalue weighted by molar-refractivity contribution is 0.0526. The lowest BCUT2D eigenvalue weighted by atomic mass is 10.2. The van der Waals surface area contributed by atoms with E-state index in [-0.39, 0.29) is 17.3 Å². The zero-order valence-corrected chi connectivity index (χ0v) is 13.2. The summed E-state index contributed by atoms with van der Waals surface area (Å²) in [5.74, 6) is -0.348. The third-order valence-corrected chi connectivity index (χ3v) is 5.41. The Hall–Kier alpha value is -1.56. The number of hydrogen-bond acceptors (Lipinski definition) is 5. The van der Waals surface area contributed by atoms with Crippen LogP contribution in [0.1, 0.15) is 36.5 Å². The van der Waals surface area contributed by atoms with Crippen LogP contribution >= 0.6 is 0 Å². The Labute approximate surface area is 125 Å². The average molecular weight is 311 g/mol. The van der Waals surface area contributed by atoms with Crippen molar-refractivity contribution in [1.29, 1.82) is 0 Å². The van der Waals surface area contributed by atoms with Crippen LogP contribution in [-0.4, -0.2) is 38.5 Å². The highest BCUT2D eigenvalue weighted by Gasteiger charge is 2.34. The molecular formula is C15H21NO4S. The Morgan fingerprint density at radius 2 is 1.95 bits per heavy atom. The number of ether oxygens (including phenoxy) is 1. The molecule has 5 nitrogen and oxygen atoms in total. The molecule has 0 radical (unpaired) electrons. The van der Waals surface area contributed by atoms with Crippen molar-refractivity contribution < 1.29 is 17.9 Å². The summed E-state index contributed by atoms with van der Waals surface area (Å²) in [5.41, 5.74) is 1.32. The van der Waals surface area contributed by atoms with Crippen molar-refractivity contribution in [3.63, 3.8) is 0 Å². The highest BCUT2D eigenvalue weighted by molar-refractivity contribution is 7.91. The average Bonchev–Trinajstić information content (AvgIpc) is 2.88. The van der Waals surface area contributed by atoms with Crippen molar-refractivity contribution in [2.24, 2.45) is 0 Å². The Balaban J connectivity index is 2.05. The fourth-order valence-electron chi connectivity index (χ4n) is 2.73. The second kappa shape index (κ2) is 6.47. The van der Waals surface area contributed by atoms with E-state index < -0.39 is 9.84 Å². The van der Waals surface area contributed by atoms with Gasteiger partial charge in [-0.25, -0.2) is 13.2 Å². The summed E-state index contributed by atoms with van der Waals surface area (Å²) in [6.07, 6.45) is 3.76. The summed E-state index contributed by atoms with van der Waals surface area (Å²) in [5, 5.41) is 2.93. The van der Waals surface area contributed by atoms with Crippen molar-refractivity contribution in [2.75, 3.05) is 18.2 Å². The van der Waals surface area contributed by atoms with Gasteiger partial charge in [-0.3, -0.25) is 0 Å². The fourth-order valence-corrected chi connectivity index (χ4v) is 4.13. The van der Waals surface area contributed by atoms with Gasteiger partial charge >= 0.3 is 5.97 Å². The molecule has 1 aromatic carbocycles. The third-order valence-electron chi connectivity index (χ3n) is 3.75. The zero-order valence-electron chi connectivity index (χ0n) is 12.3. The Bertz CT molecular complexity index is 595. The van der Waals surface area contributed by atoms with Gasteiger partial charge in [0.1, 0.15) is 0 Å². The Morgan fingerprint density at radius 1 is 1.29 bits per heavy atom. The van der Waals surface area contributed by atoms with Gasteiger partial charge in [-0.2, -0.15) is 0 Å². The largest absolute Gasteiger partial charge is 0.462 e. The van der Waals surface area contributed by atoms with Gasteiger partial charge < -0.3 is 10.1 Å². The molecule has 2 rings (SSSR count). The van der Waals surface area contributed by atoms with Crippen LogP contribution in [0.4, 0.5) is 5.69 Å². The quantitative estimate of drug-likeness (QED) is 0.844. The Kier molecular flexibility index (Phi) is 4.88. The summed E-state index contributed by atoms with van der Waals surface area (Å²) >= 11 is 0. The molecule has 2 atom stereocenters. The van der Waals surface area contributed by atoms with Gasteiger partial charge in [-0.1, -0.05) is 0 Å². The molecular weight excluding hydrogens is 290 g/mol. The van der Waals surface area contributed by atoms with Crippen molar-refractivity contribution in [1.82, 2.24) is 0 Å². The second-order valence-electron chi connectivity index (χ2n) is 5.35. The van der Waals surface area contributed by atoms with Crippen LogP contribution in [0.5, 0.6) is 0 Å². The molecule has 6 heteroatoms. The number of benzene rings is 1.